The largest absolute Gasteiger partial charge is 0.370 e. The number of amides is 3. The lowest BCUT2D eigenvalue weighted by atomic mass is 10.0. The number of carbonyl (C=O) groups is 3. The number of fused-ring (bicyclic) bond motifs is 3. The third-order valence-electron chi connectivity index (χ3n) is 5.58. The number of aromatic nitrogens is 1. The highest BCUT2D eigenvalue weighted by molar-refractivity contribution is 6.30. The van der Waals surface area contributed by atoms with Crippen LogP contribution in [0, 0.1) is 0 Å². The molecule has 2 heterocycles. The second-order valence-corrected chi connectivity index (χ2v) is 8.11. The van der Waals surface area contributed by atoms with E-state index in [-0.39, 0.29) is 18.7 Å². The molecule has 0 aliphatic carbocycles. The number of nitrogens with one attached hydrogen (secondary N) is 2. The molecule has 7 nitrogen and oxygen atoms in total. The van der Waals surface area contributed by atoms with E-state index in [0.29, 0.717) is 30.1 Å². The highest BCUT2D eigenvalue weighted by Gasteiger charge is 2.30. The molecule has 3 aromatic rings. The number of carbonyl (C=O) groups excluding carboxylic acids is 3. The lowest BCUT2D eigenvalue weighted by Crippen LogP contribution is -2.50. The van der Waals surface area contributed by atoms with E-state index in [0.717, 1.165) is 22.2 Å². The van der Waals surface area contributed by atoms with Gasteiger partial charge in [-0.25, -0.2) is 0 Å². The Labute approximate surface area is 184 Å². The van der Waals surface area contributed by atoms with Crippen molar-refractivity contribution in [3.05, 3.63) is 70.4 Å². The summed E-state index contributed by atoms with van der Waals surface area (Å²) in [4.78, 5) is 42.5. The van der Waals surface area contributed by atoms with Crippen molar-refractivity contribution >= 4 is 40.2 Å². The molecule has 2 aromatic carbocycles. The van der Waals surface area contributed by atoms with Crippen molar-refractivity contribution in [1.82, 2.24) is 15.2 Å². The fourth-order valence-electron chi connectivity index (χ4n) is 3.96. The Morgan fingerprint density at radius 3 is 2.61 bits per heavy atom. The van der Waals surface area contributed by atoms with Gasteiger partial charge in [-0.2, -0.15) is 0 Å². The molecule has 3 amide bonds. The van der Waals surface area contributed by atoms with Gasteiger partial charge in [0.2, 0.25) is 11.8 Å². The molecule has 160 valence electrons. The van der Waals surface area contributed by atoms with Gasteiger partial charge < -0.3 is 20.9 Å². The summed E-state index contributed by atoms with van der Waals surface area (Å²) in [5.41, 5.74) is 8.95. The summed E-state index contributed by atoms with van der Waals surface area (Å²) in [5, 5.41) is 4.38. The van der Waals surface area contributed by atoms with Crippen LogP contribution in [0.1, 0.15) is 34.5 Å². The maximum Gasteiger partial charge on any atom is 0.251 e. The number of hydrogen-bond acceptors (Lipinski definition) is 3. The molecule has 0 radical (unpaired) electrons. The van der Waals surface area contributed by atoms with E-state index in [2.05, 4.69) is 10.3 Å². The van der Waals surface area contributed by atoms with Crippen LogP contribution in [0.2, 0.25) is 5.02 Å². The van der Waals surface area contributed by atoms with Gasteiger partial charge in [-0.15, -0.1) is 0 Å². The van der Waals surface area contributed by atoms with Crippen LogP contribution in [-0.4, -0.2) is 40.2 Å². The first kappa shape index (κ1) is 20.9. The van der Waals surface area contributed by atoms with Crippen molar-refractivity contribution in [2.24, 2.45) is 5.73 Å². The number of benzene rings is 2. The average Bonchev–Trinajstić information content (AvgIpc) is 3.14. The van der Waals surface area contributed by atoms with Crippen molar-refractivity contribution in [3.63, 3.8) is 0 Å². The van der Waals surface area contributed by atoms with Gasteiger partial charge in [-0.1, -0.05) is 29.8 Å². The van der Waals surface area contributed by atoms with Gasteiger partial charge >= 0.3 is 0 Å². The van der Waals surface area contributed by atoms with E-state index in [1.165, 1.54) is 0 Å². The Bertz CT molecular complexity index is 1140. The van der Waals surface area contributed by atoms with Crippen molar-refractivity contribution in [1.29, 1.82) is 0 Å². The van der Waals surface area contributed by atoms with Crippen molar-refractivity contribution < 1.29 is 14.4 Å². The standard InChI is InChI=1S/C23H23ClN4O3/c24-15-7-5-14(6-8-15)22(30)27-20(9-10-21(25)29)23(31)28-12-11-19-17(13-28)16-3-1-2-4-18(16)26-19/h1-8,20,26H,9-13H2,(H2,25,29)(H,27,30). The summed E-state index contributed by atoms with van der Waals surface area (Å²) >= 11 is 5.89. The Morgan fingerprint density at radius 1 is 1.13 bits per heavy atom. The van der Waals surface area contributed by atoms with Crippen LogP contribution in [0.5, 0.6) is 0 Å². The Balaban J connectivity index is 1.53. The fourth-order valence-corrected chi connectivity index (χ4v) is 4.09. The number of para-hydroxylation sites is 1. The molecule has 0 spiro atoms. The molecule has 1 aliphatic heterocycles. The van der Waals surface area contributed by atoms with Crippen LogP contribution in [0.25, 0.3) is 10.9 Å². The van der Waals surface area contributed by atoms with Gasteiger partial charge in [-0.05, 0) is 36.8 Å². The number of halogens is 1. The first-order valence-corrected chi connectivity index (χ1v) is 10.5. The third-order valence-corrected chi connectivity index (χ3v) is 5.84. The number of primary amides is 1. The highest BCUT2D eigenvalue weighted by atomic mass is 35.5. The molecule has 0 fully saturated rings. The van der Waals surface area contributed by atoms with Gasteiger partial charge in [0.15, 0.2) is 0 Å². The number of nitrogens with two attached hydrogens (primary N) is 1. The molecular formula is C23H23ClN4O3. The normalized spacial score (nSPS) is 14.2. The molecule has 4 N–H and O–H groups in total. The average molecular weight is 439 g/mol. The van der Waals surface area contributed by atoms with Crippen molar-refractivity contribution in [2.75, 3.05) is 6.54 Å². The van der Waals surface area contributed by atoms with Crippen LogP contribution < -0.4 is 11.1 Å². The SMILES string of the molecule is NC(=O)CCC(NC(=O)c1ccc(Cl)cc1)C(=O)N1CCc2[nH]c3ccccc3c2C1. The lowest BCUT2D eigenvalue weighted by Gasteiger charge is -2.31. The molecule has 1 aromatic heterocycles. The summed E-state index contributed by atoms with van der Waals surface area (Å²) in [6, 6.07) is 13.5. The van der Waals surface area contributed by atoms with E-state index in [4.69, 9.17) is 17.3 Å². The maximum absolute atomic E-state index is 13.3. The second-order valence-electron chi connectivity index (χ2n) is 7.68. The first-order chi connectivity index (χ1) is 14.9. The van der Waals surface area contributed by atoms with Gasteiger partial charge in [-0.3, -0.25) is 14.4 Å². The number of aromatic amines is 1. The van der Waals surface area contributed by atoms with Crippen LogP contribution in [-0.2, 0) is 22.6 Å². The second kappa shape index (κ2) is 8.81. The van der Waals surface area contributed by atoms with E-state index in [9.17, 15) is 14.4 Å². The molecule has 1 unspecified atom stereocenters. The summed E-state index contributed by atoms with van der Waals surface area (Å²) in [6.07, 6.45) is 0.845. The molecule has 0 bridgehead atoms. The summed E-state index contributed by atoms with van der Waals surface area (Å²) in [6.45, 7) is 0.977. The fraction of sp³-hybridized carbons (Fsp3) is 0.261. The third kappa shape index (κ3) is 4.56. The van der Waals surface area contributed by atoms with Gasteiger partial charge in [0.05, 0.1) is 0 Å². The van der Waals surface area contributed by atoms with Crippen LogP contribution in [0.15, 0.2) is 48.5 Å². The smallest absolute Gasteiger partial charge is 0.251 e. The molecule has 4 rings (SSSR count). The minimum absolute atomic E-state index is 0.00345. The predicted octanol–water partition coefficient (Wildman–Crippen LogP) is 2.77. The summed E-state index contributed by atoms with van der Waals surface area (Å²) in [5.74, 6) is -1.14. The zero-order valence-corrected chi connectivity index (χ0v) is 17.6. The molecule has 0 saturated heterocycles. The van der Waals surface area contributed by atoms with E-state index in [1.54, 1.807) is 29.2 Å². The molecule has 1 atom stereocenters. The topological polar surface area (TPSA) is 108 Å². The molecule has 31 heavy (non-hydrogen) atoms. The predicted molar refractivity (Wildman–Crippen MR) is 119 cm³/mol. The minimum Gasteiger partial charge on any atom is -0.370 e. The van der Waals surface area contributed by atoms with Crippen LogP contribution >= 0.6 is 11.6 Å². The number of rotatable bonds is 6. The van der Waals surface area contributed by atoms with Crippen molar-refractivity contribution in [2.45, 2.75) is 31.8 Å². The number of hydrogen-bond donors (Lipinski definition) is 3. The Hall–Kier alpha value is -3.32. The number of nitrogens with zero attached hydrogens (tertiary/aromatic N) is 1. The summed E-state index contributed by atoms with van der Waals surface area (Å²) < 4.78 is 0. The van der Waals surface area contributed by atoms with Gasteiger partial charge in [0, 0.05) is 58.7 Å². The summed E-state index contributed by atoms with van der Waals surface area (Å²) in [7, 11) is 0. The van der Waals surface area contributed by atoms with Crippen LogP contribution in [0.3, 0.4) is 0 Å². The van der Waals surface area contributed by atoms with Crippen LogP contribution in [0.4, 0.5) is 0 Å². The van der Waals surface area contributed by atoms with Gasteiger partial charge in [0.1, 0.15) is 6.04 Å². The molecule has 1 aliphatic rings. The highest BCUT2D eigenvalue weighted by Crippen LogP contribution is 2.28. The lowest BCUT2D eigenvalue weighted by molar-refractivity contribution is -0.134. The van der Waals surface area contributed by atoms with Crippen molar-refractivity contribution in [3.8, 4) is 0 Å². The molecule has 0 saturated carbocycles. The van der Waals surface area contributed by atoms with Gasteiger partial charge in [0.25, 0.3) is 5.91 Å². The first-order valence-electron chi connectivity index (χ1n) is 10.1. The minimum atomic E-state index is -0.845. The Morgan fingerprint density at radius 2 is 1.87 bits per heavy atom. The van der Waals surface area contributed by atoms with E-state index >= 15 is 0 Å². The zero-order valence-electron chi connectivity index (χ0n) is 16.9. The zero-order chi connectivity index (χ0) is 22.0. The van der Waals surface area contributed by atoms with E-state index < -0.39 is 17.9 Å². The Kier molecular flexibility index (Phi) is 5.95. The number of H-pyrrole nitrogens is 1. The molecule has 8 heteroatoms. The molecular weight excluding hydrogens is 416 g/mol. The van der Waals surface area contributed by atoms with E-state index in [1.807, 2.05) is 24.3 Å². The maximum atomic E-state index is 13.3. The quantitative estimate of drug-likeness (QED) is 0.550. The monoisotopic (exact) mass is 438 g/mol.